The molecule has 4 aliphatic heterocycles. The van der Waals surface area contributed by atoms with Gasteiger partial charge < -0.3 is 81.7 Å². The Balaban J connectivity index is 0.000000156. The van der Waals surface area contributed by atoms with E-state index in [9.17, 15) is 45.6 Å². The number of nitrogens with zero attached hydrogens (tertiary/aromatic N) is 6. The number of anilines is 2. The smallest absolute Gasteiger partial charge is 0.335 e. The predicted molar refractivity (Wildman–Crippen MR) is 531 cm³/mol. The van der Waals surface area contributed by atoms with Gasteiger partial charge in [-0.15, -0.1) is 0 Å². The number of aryl methyl sites for hydroxylation is 3. The zero-order chi connectivity index (χ0) is 95.3. The summed E-state index contributed by atoms with van der Waals surface area (Å²) in [5.41, 5.74) is 44.6. The Morgan fingerprint density at radius 1 is 0.329 bits per heavy atom. The molecule has 4 aliphatic rings. The topological polar surface area (TPSA) is 367 Å². The van der Waals surface area contributed by atoms with Crippen molar-refractivity contribution in [2.24, 2.45) is 27.2 Å². The van der Waals surface area contributed by atoms with Gasteiger partial charge in [0.1, 0.15) is 40.0 Å². The average molecular weight is 2560 g/mol. The largest absolute Gasteiger partial charge is 0.496 e. The minimum absolute atomic E-state index is 0. The van der Waals surface area contributed by atoms with Crippen molar-refractivity contribution in [2.75, 3.05) is 53.2 Å². The number of fused-ring (bicyclic) bond motifs is 16. The molecule has 8 heterocycles. The maximum Gasteiger partial charge on any atom is 0.335 e. The Morgan fingerprint density at radius 3 is 0.950 bits per heavy atom. The first-order valence-corrected chi connectivity index (χ1v) is 45.2. The normalized spacial score (nSPS) is 12.1. The number of aliphatic imine (C=N–C) groups is 2. The fourth-order valence-electron chi connectivity index (χ4n) is 19.7. The first kappa shape index (κ1) is 105. The van der Waals surface area contributed by atoms with E-state index in [1.807, 2.05) is 141 Å². The summed E-state index contributed by atoms with van der Waals surface area (Å²) in [5.74, 6) is 7.27. The third-order valence-electron chi connectivity index (χ3n) is 26.1. The van der Waals surface area contributed by atoms with Crippen LogP contribution in [0.25, 0.3) is 133 Å². The van der Waals surface area contributed by atoms with Gasteiger partial charge in [-0.25, -0.2) is 28.4 Å². The summed E-state index contributed by atoms with van der Waals surface area (Å²) >= 11 is 0. The number of carbonyl (C=O) groups is 1. The fraction of sp³-hybridized carbons (Fsp3) is 0.216. The molecule has 25 nitrogen and oxygen atoms in total. The van der Waals surface area contributed by atoms with Crippen LogP contribution in [0.4, 0.5) is 23.3 Å². The molecular weight excluding hydrogens is 2450 g/mol. The molecule has 0 saturated carbocycles. The van der Waals surface area contributed by atoms with Gasteiger partial charge in [-0.2, -0.15) is 0 Å². The van der Waals surface area contributed by atoms with Crippen molar-refractivity contribution >= 4 is 84.1 Å². The Bertz CT molecular complexity index is 7200. The van der Waals surface area contributed by atoms with Crippen LogP contribution in [-0.4, -0.2) is 101 Å². The Kier molecular flexibility index (Phi) is 34.8. The monoisotopic (exact) mass is 2560 g/mol. The van der Waals surface area contributed by atoms with Gasteiger partial charge in [0.25, 0.3) is 11.6 Å². The molecule has 0 fully saturated rings. The van der Waals surface area contributed by atoms with Crippen molar-refractivity contribution < 1.29 is 172 Å². The molecule has 0 aliphatic carbocycles. The van der Waals surface area contributed by atoms with E-state index in [0.717, 1.165) is 205 Å². The van der Waals surface area contributed by atoms with Crippen LogP contribution in [0.5, 0.6) is 28.7 Å². The number of hydrogen-bond donors (Lipinski definition) is 13. The zero-order valence-corrected chi connectivity index (χ0v) is 90.6. The van der Waals surface area contributed by atoms with Gasteiger partial charge in [0, 0.05) is 174 Å². The van der Waals surface area contributed by atoms with Gasteiger partial charge in [0.05, 0.1) is 143 Å². The number of methoxy groups -OCH3 is 5. The van der Waals surface area contributed by atoms with Crippen LogP contribution in [-0.2, 0) is 194 Å². The van der Waals surface area contributed by atoms with E-state index in [1.165, 1.54) is 29.2 Å². The molecule has 16 aromatic rings. The molecular formula is C111H111N11O14W4+4. The van der Waals surface area contributed by atoms with E-state index in [1.54, 1.807) is 42.5 Å². The van der Waals surface area contributed by atoms with E-state index < -0.39 is 0 Å². The first-order chi connectivity index (χ1) is 66.2. The van der Waals surface area contributed by atoms with Gasteiger partial charge in [-0.1, -0.05) is 121 Å². The van der Waals surface area contributed by atoms with Crippen molar-refractivity contribution in [3.63, 3.8) is 0 Å². The summed E-state index contributed by atoms with van der Waals surface area (Å²) in [5, 5.41) is 92.4. The molecule has 1 amide bonds. The molecule has 714 valence electrons. The van der Waals surface area contributed by atoms with E-state index in [0.29, 0.717) is 81.9 Å². The molecule has 29 heteroatoms. The van der Waals surface area contributed by atoms with Crippen molar-refractivity contribution in [3.05, 3.63) is 303 Å². The van der Waals surface area contributed by atoms with Crippen LogP contribution >= 0.6 is 0 Å². The maximum absolute atomic E-state index is 12.2. The maximum atomic E-state index is 12.2. The molecule has 0 saturated heterocycles. The number of carbonyl (C=O) groups excluding carboxylic acids is 1. The molecule has 0 atom stereocenters. The zero-order valence-electron chi connectivity index (χ0n) is 78.9. The van der Waals surface area contributed by atoms with Gasteiger partial charge in [0.15, 0.2) is 11.5 Å². The summed E-state index contributed by atoms with van der Waals surface area (Å²) in [4.78, 5) is 21.4. The predicted octanol–water partition coefficient (Wildman–Crippen LogP) is 15.0. The van der Waals surface area contributed by atoms with Crippen molar-refractivity contribution in [3.8, 4) is 118 Å². The number of aromatic nitrogens is 4. The summed E-state index contributed by atoms with van der Waals surface area (Å²) in [7, 11) is 10.4. The first-order valence-electron chi connectivity index (χ1n) is 45.2. The van der Waals surface area contributed by atoms with Crippen LogP contribution in [0.2, 0.25) is 0 Å². The van der Waals surface area contributed by atoms with Crippen molar-refractivity contribution in [1.82, 2.24) is 0 Å². The number of nitrogens with two attached hydrogens (primary N) is 3. The van der Waals surface area contributed by atoms with E-state index in [2.05, 4.69) is 137 Å². The number of guanidine groups is 1. The molecule has 4 aromatic heterocycles. The molecule has 0 unspecified atom stereocenters. The van der Waals surface area contributed by atoms with E-state index >= 15 is 0 Å². The molecule has 0 spiro atoms. The second kappa shape index (κ2) is 46.4. The quantitative estimate of drug-likeness (QED) is 0.0180. The van der Waals surface area contributed by atoms with Crippen LogP contribution in [0.15, 0.2) is 247 Å². The number of rotatable bonds is 21. The number of aliphatic hydroxyl groups excluding tert-OH is 8. The average Bonchev–Trinajstić information content (AvgIpc) is 0.727. The fourth-order valence-corrected chi connectivity index (χ4v) is 19.7. The number of hydrogen-bond acceptors (Lipinski definition) is 17. The SMILES string of the molecule is CNc1c2cc(CO)c(CO)cc2cc2[n+]1CCc1cc(OC)c(-c3ccccc3)cc1-2.COc1c(-c2ccccc2)cc2c(c1OC)CC[n+]1c-2cc2cc(CO)c(CO)cc2c1NC(C)=O.COc1cc2c(cc1-c1ccccc1)-c1cc3cc(CO)c(CO)cc3c(N=C(C)N)[n+]1CC2.COc1cc2c(cc1-c1ccccc1)-c1cc3cc(CO)c(CO)cc3c(N=C(N)N)[n+]1CC2.[W].[W].[W].[W]. The minimum Gasteiger partial charge on any atom is -0.496 e. The number of pyridine rings is 4. The summed E-state index contributed by atoms with van der Waals surface area (Å²) < 4.78 is 37.7. The molecule has 0 bridgehead atoms. The standard InChI is InChI=1S/C29H28N2O5.C28H27N3O3.C27H26N4O3.C27H26N2O3.4W/c1-17(34)30-29-24-12-21(16-33)20(15-32)11-19(24)13-26-25-14-23(18-7-5-4-6-8-18)28(36-3)27(35-2)22(25)9-10-31(26)29;1-17(29)30-28-25-11-22(16-33)21(15-32)10-20(25)12-26-23-14-24(18-6-4-3-5-7-18)27(34-2)13-19(23)8-9-31(26)28;1-34-25-12-17-7-8-31-24(21(17)13-22(25)16-5-3-2-4-6-16)11-18-9-19(14-32)20(15-33)10-23(18)26(31)30-27(28)29;1-28-27-24-11-21(16-31)20(15-30)10-19(24)12-25-22-14-23(17-6-4-3-5-7-17)26(32-2)13-18(22)8-9-29(25)27;;;;/h4-8,11-14,32-33H,9-10,15-16H2,1-3H3;3-7,10-14,29,32-33H,8-9,15-16H2,1-2H3;2-6,9-13,32-33H,7-8,14-15H2,1H3,(H3,28,29);3-7,10-14,30-31H,8-9,15-16H2,1-2H3;;;;/p+4. The molecule has 140 heavy (non-hydrogen) atoms. The Morgan fingerprint density at radius 2 is 0.621 bits per heavy atom. The van der Waals surface area contributed by atoms with Crippen LogP contribution in [0.3, 0.4) is 0 Å². The number of amidine groups is 1. The van der Waals surface area contributed by atoms with E-state index in [4.69, 9.17) is 45.9 Å². The number of benzene rings is 12. The van der Waals surface area contributed by atoms with Crippen LogP contribution < -0.4 is 69.8 Å². The van der Waals surface area contributed by atoms with Crippen LogP contribution in [0, 0.1) is 0 Å². The number of nitrogens with one attached hydrogen (secondary N) is 2. The Hall–Kier alpha value is -12.3. The third kappa shape index (κ3) is 20.7. The molecule has 12 aromatic carbocycles. The Labute approximate surface area is 869 Å². The number of amides is 1. The summed E-state index contributed by atoms with van der Waals surface area (Å²) in [6.07, 6.45) is 3.21. The number of ether oxygens (including phenoxy) is 5. The van der Waals surface area contributed by atoms with Gasteiger partial charge >= 0.3 is 23.5 Å². The second-order valence-electron chi connectivity index (χ2n) is 34.0. The summed E-state index contributed by atoms with van der Waals surface area (Å²) in [6, 6.07) is 79.6. The second-order valence-corrected chi connectivity index (χ2v) is 34.0. The molecule has 16 N–H and O–H groups in total. The van der Waals surface area contributed by atoms with Crippen molar-refractivity contribution in [1.29, 1.82) is 0 Å². The summed E-state index contributed by atoms with van der Waals surface area (Å²) in [6.45, 7) is 4.93. The third-order valence-corrected chi connectivity index (χ3v) is 26.1. The molecule has 0 radical (unpaired) electrons. The van der Waals surface area contributed by atoms with Gasteiger partial charge in [0.2, 0.25) is 5.84 Å². The van der Waals surface area contributed by atoms with Crippen LogP contribution in [0.1, 0.15) is 80.6 Å². The molecule has 20 rings (SSSR count). The van der Waals surface area contributed by atoms with Gasteiger partial charge in [-0.05, 0) is 230 Å². The van der Waals surface area contributed by atoms with Crippen molar-refractivity contribution in [2.45, 2.75) is 119 Å². The van der Waals surface area contributed by atoms with E-state index in [-0.39, 0.29) is 149 Å². The number of aliphatic hydroxyl groups is 8. The van der Waals surface area contributed by atoms with Gasteiger partial charge in [-0.3, -0.25) is 5.32 Å². The minimum atomic E-state index is -0.201.